The van der Waals surface area contributed by atoms with Crippen molar-refractivity contribution in [1.82, 2.24) is 19.2 Å². The van der Waals surface area contributed by atoms with E-state index in [9.17, 15) is 4.79 Å². The Labute approximate surface area is 196 Å². The molecule has 5 rings (SSSR count). The van der Waals surface area contributed by atoms with E-state index < -0.39 is 0 Å². The highest BCUT2D eigenvalue weighted by molar-refractivity contribution is 5.79. The summed E-state index contributed by atoms with van der Waals surface area (Å²) in [6.07, 6.45) is 7.95. The SMILES string of the molecule is COCCN1CCC(C(=O)N2CCC(c3ccccc3)(c3cn4ccccc4n3)CC2)CC1. The van der Waals surface area contributed by atoms with Crippen LogP contribution >= 0.6 is 0 Å². The van der Waals surface area contributed by atoms with Gasteiger partial charge in [0.1, 0.15) is 5.65 Å². The van der Waals surface area contributed by atoms with Crippen LogP contribution < -0.4 is 0 Å². The smallest absolute Gasteiger partial charge is 0.225 e. The standard InChI is InChI=1S/C27H34N4O2/c1-33-20-19-29-15-10-22(11-16-29)26(32)30-17-12-27(13-18-30,23-7-3-2-4-8-23)24-21-31-14-6-5-9-25(31)28-24/h2-9,14,21-22H,10-13,15-20H2,1H3. The van der Waals surface area contributed by atoms with Crippen molar-refractivity contribution in [2.45, 2.75) is 31.1 Å². The molecule has 0 saturated carbocycles. The fourth-order valence-electron chi connectivity index (χ4n) is 5.61. The molecule has 174 valence electrons. The minimum absolute atomic E-state index is 0.156. The lowest BCUT2D eigenvalue weighted by molar-refractivity contribution is -0.138. The molecular formula is C27H34N4O2. The number of fused-ring (bicyclic) bond motifs is 1. The molecule has 0 radical (unpaired) electrons. The summed E-state index contributed by atoms with van der Waals surface area (Å²) in [6, 6.07) is 16.9. The molecule has 33 heavy (non-hydrogen) atoms. The molecule has 6 heteroatoms. The van der Waals surface area contributed by atoms with Crippen LogP contribution in [0.15, 0.2) is 60.9 Å². The third-order valence-electron chi connectivity index (χ3n) is 7.66. The number of imidazole rings is 1. The number of nitrogens with zero attached hydrogens (tertiary/aromatic N) is 4. The predicted octanol–water partition coefficient (Wildman–Crippen LogP) is 3.60. The van der Waals surface area contributed by atoms with Crippen molar-refractivity contribution in [3.05, 3.63) is 72.2 Å². The molecular weight excluding hydrogens is 412 g/mol. The van der Waals surface area contributed by atoms with Gasteiger partial charge in [-0.15, -0.1) is 0 Å². The van der Waals surface area contributed by atoms with Gasteiger partial charge in [0.15, 0.2) is 0 Å². The molecule has 2 aromatic heterocycles. The molecule has 6 nitrogen and oxygen atoms in total. The first-order valence-electron chi connectivity index (χ1n) is 12.2. The lowest BCUT2D eigenvalue weighted by Crippen LogP contribution is -2.49. The number of hydrogen-bond acceptors (Lipinski definition) is 4. The lowest BCUT2D eigenvalue weighted by Gasteiger charge is -2.43. The van der Waals surface area contributed by atoms with Crippen molar-refractivity contribution in [3.8, 4) is 0 Å². The molecule has 0 bridgehead atoms. The first kappa shape index (κ1) is 22.1. The molecule has 2 aliphatic rings. The quantitative estimate of drug-likeness (QED) is 0.581. The van der Waals surface area contributed by atoms with Crippen LogP contribution in [0.4, 0.5) is 0 Å². The largest absolute Gasteiger partial charge is 0.383 e. The molecule has 0 unspecified atom stereocenters. The van der Waals surface area contributed by atoms with Crippen LogP contribution in [0.3, 0.4) is 0 Å². The maximum atomic E-state index is 13.4. The van der Waals surface area contributed by atoms with Gasteiger partial charge >= 0.3 is 0 Å². The van der Waals surface area contributed by atoms with Crippen molar-refractivity contribution < 1.29 is 9.53 Å². The van der Waals surface area contributed by atoms with Crippen LogP contribution in [0, 0.1) is 5.92 Å². The topological polar surface area (TPSA) is 50.1 Å². The minimum Gasteiger partial charge on any atom is -0.383 e. The molecule has 1 amide bonds. The monoisotopic (exact) mass is 446 g/mol. The van der Waals surface area contributed by atoms with Gasteiger partial charge in [0.2, 0.25) is 5.91 Å². The number of hydrogen-bond donors (Lipinski definition) is 0. The fourth-order valence-corrected chi connectivity index (χ4v) is 5.61. The van der Waals surface area contributed by atoms with Crippen molar-refractivity contribution in [2.24, 2.45) is 5.92 Å². The molecule has 0 N–H and O–H groups in total. The average Bonchev–Trinajstić information content (AvgIpc) is 3.33. The number of piperidine rings is 2. The Morgan fingerprint density at radius 2 is 1.76 bits per heavy atom. The Bertz CT molecular complexity index is 1030. The van der Waals surface area contributed by atoms with Crippen LogP contribution in [-0.2, 0) is 14.9 Å². The second-order valence-corrected chi connectivity index (χ2v) is 9.47. The van der Waals surface area contributed by atoms with E-state index in [-0.39, 0.29) is 11.3 Å². The molecule has 0 aliphatic carbocycles. The predicted molar refractivity (Wildman–Crippen MR) is 129 cm³/mol. The minimum atomic E-state index is -0.159. The number of pyridine rings is 1. The number of benzene rings is 1. The number of amides is 1. The third-order valence-corrected chi connectivity index (χ3v) is 7.66. The molecule has 1 aromatic carbocycles. The summed E-state index contributed by atoms with van der Waals surface area (Å²) in [7, 11) is 1.74. The van der Waals surface area contributed by atoms with Crippen LogP contribution in [0.1, 0.15) is 36.9 Å². The summed E-state index contributed by atoms with van der Waals surface area (Å²) in [5, 5.41) is 0. The second-order valence-electron chi connectivity index (χ2n) is 9.47. The number of ether oxygens (including phenoxy) is 1. The zero-order chi connectivity index (χ0) is 22.7. The lowest BCUT2D eigenvalue weighted by atomic mass is 9.70. The molecule has 0 atom stereocenters. The summed E-state index contributed by atoms with van der Waals surface area (Å²) < 4.78 is 7.31. The highest BCUT2D eigenvalue weighted by Crippen LogP contribution is 2.41. The van der Waals surface area contributed by atoms with Gasteiger partial charge < -0.3 is 18.9 Å². The van der Waals surface area contributed by atoms with Gasteiger partial charge in [-0.25, -0.2) is 4.98 Å². The highest BCUT2D eigenvalue weighted by Gasteiger charge is 2.42. The van der Waals surface area contributed by atoms with Crippen molar-refractivity contribution in [3.63, 3.8) is 0 Å². The van der Waals surface area contributed by atoms with Gasteiger partial charge in [0.05, 0.1) is 12.3 Å². The number of carbonyl (C=O) groups is 1. The zero-order valence-electron chi connectivity index (χ0n) is 19.5. The van der Waals surface area contributed by atoms with Crippen LogP contribution in [0.5, 0.6) is 0 Å². The number of rotatable bonds is 6. The van der Waals surface area contributed by atoms with E-state index in [0.717, 1.165) is 76.4 Å². The fraction of sp³-hybridized carbons (Fsp3) is 0.481. The third kappa shape index (κ3) is 4.42. The van der Waals surface area contributed by atoms with Gasteiger partial charge in [0, 0.05) is 50.5 Å². The van der Waals surface area contributed by atoms with Crippen LogP contribution in [0.2, 0.25) is 0 Å². The zero-order valence-corrected chi connectivity index (χ0v) is 19.5. The summed E-state index contributed by atoms with van der Waals surface area (Å²) >= 11 is 0. The van der Waals surface area contributed by atoms with Crippen LogP contribution in [0.25, 0.3) is 5.65 Å². The van der Waals surface area contributed by atoms with Crippen molar-refractivity contribution in [2.75, 3.05) is 46.4 Å². The van der Waals surface area contributed by atoms with E-state index in [0.29, 0.717) is 5.91 Å². The molecule has 0 spiro atoms. The van der Waals surface area contributed by atoms with Gasteiger partial charge in [-0.1, -0.05) is 36.4 Å². The number of methoxy groups -OCH3 is 1. The Morgan fingerprint density at radius 1 is 1.03 bits per heavy atom. The first-order valence-corrected chi connectivity index (χ1v) is 12.2. The van der Waals surface area contributed by atoms with Crippen molar-refractivity contribution >= 4 is 11.6 Å². The Morgan fingerprint density at radius 3 is 2.45 bits per heavy atom. The Hall–Kier alpha value is -2.70. The maximum absolute atomic E-state index is 13.4. The first-order chi connectivity index (χ1) is 16.2. The molecule has 2 fully saturated rings. The second kappa shape index (κ2) is 9.65. The molecule has 2 aliphatic heterocycles. The highest BCUT2D eigenvalue weighted by atomic mass is 16.5. The van der Waals surface area contributed by atoms with Crippen LogP contribution in [-0.4, -0.2) is 71.5 Å². The summed E-state index contributed by atoms with van der Waals surface area (Å²) in [4.78, 5) is 22.9. The summed E-state index contributed by atoms with van der Waals surface area (Å²) in [5.41, 5.74) is 3.22. The summed E-state index contributed by atoms with van der Waals surface area (Å²) in [6.45, 7) is 5.26. The molecule has 3 aromatic rings. The molecule has 4 heterocycles. The van der Waals surface area contributed by atoms with E-state index in [1.807, 2.05) is 12.1 Å². The number of likely N-dealkylation sites (tertiary alicyclic amines) is 2. The van der Waals surface area contributed by atoms with Gasteiger partial charge in [-0.2, -0.15) is 0 Å². The maximum Gasteiger partial charge on any atom is 0.225 e. The Balaban J connectivity index is 1.31. The van der Waals surface area contributed by atoms with Crippen molar-refractivity contribution in [1.29, 1.82) is 0 Å². The van der Waals surface area contributed by atoms with Gasteiger partial charge in [-0.05, 0) is 56.5 Å². The average molecular weight is 447 g/mol. The van der Waals surface area contributed by atoms with Gasteiger partial charge in [0.25, 0.3) is 0 Å². The number of carbonyl (C=O) groups excluding carboxylic acids is 1. The normalized spacial score (nSPS) is 19.7. The Kier molecular flexibility index (Phi) is 6.47. The van der Waals surface area contributed by atoms with Gasteiger partial charge in [-0.3, -0.25) is 4.79 Å². The van der Waals surface area contributed by atoms with E-state index in [1.165, 1.54) is 5.56 Å². The van der Waals surface area contributed by atoms with E-state index in [4.69, 9.17) is 9.72 Å². The summed E-state index contributed by atoms with van der Waals surface area (Å²) in [5.74, 6) is 0.501. The van der Waals surface area contributed by atoms with E-state index in [2.05, 4.69) is 63.0 Å². The van der Waals surface area contributed by atoms with E-state index >= 15 is 0 Å². The number of aromatic nitrogens is 2. The van der Waals surface area contributed by atoms with E-state index in [1.54, 1.807) is 7.11 Å². The molecule has 2 saturated heterocycles.